The lowest BCUT2D eigenvalue weighted by atomic mass is 10.1. The average Bonchev–Trinajstić information content (AvgIpc) is 2.82. The number of carbonyl (C=O) groups is 1. The Hall–Kier alpha value is -1.69. The van der Waals surface area contributed by atoms with E-state index in [0.717, 1.165) is 6.42 Å². The molecule has 1 atom stereocenters. The maximum Gasteiger partial charge on any atom is 0.345 e. The smallest absolute Gasteiger partial charge is 0.345 e. The molecule has 1 N–H and O–H groups in total. The van der Waals surface area contributed by atoms with E-state index in [0.29, 0.717) is 19.0 Å². The van der Waals surface area contributed by atoms with Crippen molar-refractivity contribution in [3.05, 3.63) is 27.9 Å². The topological polar surface area (TPSA) is 81.3 Å². The van der Waals surface area contributed by atoms with Crippen LogP contribution in [-0.4, -0.2) is 35.8 Å². The molecule has 6 nitrogen and oxygen atoms in total. The number of aromatic nitrogens is 2. The summed E-state index contributed by atoms with van der Waals surface area (Å²) in [5.74, 6) is 0.0370. The predicted molar refractivity (Wildman–Crippen MR) is 59.0 cm³/mol. The van der Waals surface area contributed by atoms with Crippen LogP contribution in [0.2, 0.25) is 0 Å². The van der Waals surface area contributed by atoms with Crippen LogP contribution in [0.25, 0.3) is 0 Å². The molecule has 1 aliphatic rings. The van der Waals surface area contributed by atoms with Gasteiger partial charge in [0.15, 0.2) is 0 Å². The van der Waals surface area contributed by atoms with Gasteiger partial charge in [0.1, 0.15) is 11.4 Å². The zero-order valence-electron chi connectivity index (χ0n) is 9.56. The number of nitrogens with zero attached hydrogens (tertiary/aromatic N) is 1. The predicted octanol–water partition coefficient (Wildman–Crippen LogP) is 0.451. The van der Waals surface area contributed by atoms with E-state index in [9.17, 15) is 9.59 Å². The van der Waals surface area contributed by atoms with Crippen LogP contribution in [0.4, 0.5) is 0 Å². The first-order valence-electron chi connectivity index (χ1n) is 5.56. The van der Waals surface area contributed by atoms with Crippen LogP contribution < -0.4 is 5.56 Å². The van der Waals surface area contributed by atoms with Gasteiger partial charge in [0.2, 0.25) is 0 Å². The summed E-state index contributed by atoms with van der Waals surface area (Å²) in [7, 11) is 0. The molecular weight excluding hydrogens is 224 g/mol. The number of aromatic amines is 1. The second-order valence-corrected chi connectivity index (χ2v) is 3.79. The molecule has 92 valence electrons. The summed E-state index contributed by atoms with van der Waals surface area (Å²) in [6, 6.07) is 0. The van der Waals surface area contributed by atoms with Crippen molar-refractivity contribution in [2.45, 2.75) is 19.3 Å². The summed E-state index contributed by atoms with van der Waals surface area (Å²) < 4.78 is 9.96. The van der Waals surface area contributed by atoms with Crippen LogP contribution >= 0.6 is 0 Å². The fourth-order valence-corrected chi connectivity index (χ4v) is 1.72. The maximum absolute atomic E-state index is 11.7. The molecule has 2 rings (SSSR count). The van der Waals surface area contributed by atoms with E-state index in [4.69, 9.17) is 9.47 Å². The van der Waals surface area contributed by atoms with Gasteiger partial charge in [0.05, 0.1) is 13.2 Å². The summed E-state index contributed by atoms with van der Waals surface area (Å²) in [6.45, 7) is 3.15. The van der Waals surface area contributed by atoms with Crippen LogP contribution in [-0.2, 0) is 9.47 Å². The molecule has 0 aliphatic carbocycles. The molecule has 0 spiro atoms. The standard InChI is InChI=1S/C11H14N2O4/c1-2-17-11(15)8-5-12-9(13-10(8)14)7-3-4-16-6-7/h5,7H,2-4,6H2,1H3,(H,12,13,14). The number of H-pyrrole nitrogens is 1. The van der Waals surface area contributed by atoms with E-state index in [-0.39, 0.29) is 18.1 Å². The average molecular weight is 238 g/mol. The van der Waals surface area contributed by atoms with Gasteiger partial charge < -0.3 is 14.5 Å². The minimum absolute atomic E-state index is 0.0606. The number of esters is 1. The highest BCUT2D eigenvalue weighted by atomic mass is 16.5. The van der Waals surface area contributed by atoms with Gasteiger partial charge in [-0.25, -0.2) is 9.78 Å². The van der Waals surface area contributed by atoms with Gasteiger partial charge in [0.25, 0.3) is 5.56 Å². The monoisotopic (exact) mass is 238 g/mol. The highest BCUT2D eigenvalue weighted by Gasteiger charge is 2.21. The second kappa shape index (κ2) is 5.09. The van der Waals surface area contributed by atoms with Crippen LogP contribution in [0.3, 0.4) is 0 Å². The van der Waals surface area contributed by atoms with Gasteiger partial charge in [-0.1, -0.05) is 0 Å². The summed E-state index contributed by atoms with van der Waals surface area (Å²) in [5.41, 5.74) is -0.519. The van der Waals surface area contributed by atoms with E-state index < -0.39 is 11.5 Å². The van der Waals surface area contributed by atoms with Crippen LogP contribution in [0.5, 0.6) is 0 Å². The summed E-state index contributed by atoms with van der Waals surface area (Å²) >= 11 is 0. The molecule has 0 amide bonds. The molecule has 0 radical (unpaired) electrons. The van der Waals surface area contributed by atoms with Crippen LogP contribution in [0.1, 0.15) is 35.4 Å². The van der Waals surface area contributed by atoms with Gasteiger partial charge in [-0.15, -0.1) is 0 Å². The lowest BCUT2D eigenvalue weighted by Gasteiger charge is -2.07. The third-order valence-electron chi connectivity index (χ3n) is 2.63. The number of ether oxygens (including phenoxy) is 2. The van der Waals surface area contributed by atoms with Gasteiger partial charge in [-0.3, -0.25) is 4.79 Å². The molecular formula is C11H14N2O4. The molecule has 6 heteroatoms. The van der Waals surface area contributed by atoms with Crippen molar-refractivity contribution in [1.82, 2.24) is 9.97 Å². The molecule has 0 aromatic carbocycles. The van der Waals surface area contributed by atoms with Crippen molar-refractivity contribution < 1.29 is 14.3 Å². The summed E-state index contributed by atoms with van der Waals surface area (Å²) in [5, 5.41) is 0. The van der Waals surface area contributed by atoms with Crippen LogP contribution in [0.15, 0.2) is 11.0 Å². The lowest BCUT2D eigenvalue weighted by molar-refractivity contribution is 0.0523. The number of hydrogen-bond acceptors (Lipinski definition) is 5. The van der Waals surface area contributed by atoms with Gasteiger partial charge in [0, 0.05) is 18.7 Å². The third kappa shape index (κ3) is 2.52. The quantitative estimate of drug-likeness (QED) is 0.773. The fourth-order valence-electron chi connectivity index (χ4n) is 1.72. The first kappa shape index (κ1) is 11.8. The SMILES string of the molecule is CCOC(=O)c1cnc(C2CCOC2)[nH]c1=O. The molecule has 1 fully saturated rings. The first-order chi connectivity index (χ1) is 8.22. The number of nitrogens with one attached hydrogen (secondary N) is 1. The Kier molecular flexibility index (Phi) is 3.53. The Morgan fingerprint density at radius 3 is 3.12 bits per heavy atom. The number of carbonyl (C=O) groups excluding carboxylic acids is 1. The second-order valence-electron chi connectivity index (χ2n) is 3.79. The van der Waals surface area contributed by atoms with Crippen molar-refractivity contribution in [1.29, 1.82) is 0 Å². The van der Waals surface area contributed by atoms with Crippen molar-refractivity contribution in [2.24, 2.45) is 0 Å². The highest BCUT2D eigenvalue weighted by Crippen LogP contribution is 2.20. The fraction of sp³-hybridized carbons (Fsp3) is 0.545. The number of hydrogen-bond donors (Lipinski definition) is 1. The Bertz CT molecular complexity index is 463. The normalized spacial score (nSPS) is 19.2. The highest BCUT2D eigenvalue weighted by molar-refractivity contribution is 5.88. The largest absolute Gasteiger partial charge is 0.462 e. The molecule has 1 unspecified atom stereocenters. The Morgan fingerprint density at radius 1 is 1.71 bits per heavy atom. The minimum Gasteiger partial charge on any atom is -0.462 e. The molecule has 1 saturated heterocycles. The van der Waals surface area contributed by atoms with Crippen molar-refractivity contribution in [3.63, 3.8) is 0 Å². The van der Waals surface area contributed by atoms with E-state index in [1.807, 2.05) is 0 Å². The first-order valence-corrected chi connectivity index (χ1v) is 5.56. The zero-order valence-corrected chi connectivity index (χ0v) is 9.56. The van der Waals surface area contributed by atoms with Gasteiger partial charge in [-0.05, 0) is 13.3 Å². The van der Waals surface area contributed by atoms with Crippen molar-refractivity contribution in [2.75, 3.05) is 19.8 Å². The molecule has 1 aliphatic heterocycles. The Morgan fingerprint density at radius 2 is 2.53 bits per heavy atom. The molecule has 17 heavy (non-hydrogen) atoms. The Balaban J connectivity index is 2.22. The van der Waals surface area contributed by atoms with Crippen molar-refractivity contribution >= 4 is 5.97 Å². The number of rotatable bonds is 3. The summed E-state index contributed by atoms with van der Waals surface area (Å²) in [6.07, 6.45) is 2.10. The maximum atomic E-state index is 11.7. The Labute approximate surface area is 98.0 Å². The zero-order chi connectivity index (χ0) is 12.3. The van der Waals surface area contributed by atoms with Gasteiger partial charge >= 0.3 is 5.97 Å². The molecule has 1 aromatic heterocycles. The lowest BCUT2D eigenvalue weighted by Crippen LogP contribution is -2.23. The third-order valence-corrected chi connectivity index (χ3v) is 2.63. The van der Waals surface area contributed by atoms with Crippen LogP contribution in [0, 0.1) is 0 Å². The molecule has 0 bridgehead atoms. The van der Waals surface area contributed by atoms with Crippen molar-refractivity contribution in [3.8, 4) is 0 Å². The molecule has 0 saturated carbocycles. The van der Waals surface area contributed by atoms with E-state index >= 15 is 0 Å². The van der Waals surface area contributed by atoms with E-state index in [2.05, 4.69) is 9.97 Å². The summed E-state index contributed by atoms with van der Waals surface area (Å²) in [4.78, 5) is 29.8. The minimum atomic E-state index is -0.643. The van der Waals surface area contributed by atoms with E-state index in [1.165, 1.54) is 6.20 Å². The molecule has 1 aromatic rings. The molecule has 2 heterocycles. The van der Waals surface area contributed by atoms with E-state index in [1.54, 1.807) is 6.92 Å². The van der Waals surface area contributed by atoms with Gasteiger partial charge in [-0.2, -0.15) is 0 Å².